The number of carbonyl (C=O) groups excluding carboxylic acids is 2. The highest BCUT2D eigenvalue weighted by Gasteiger charge is 2.42. The van der Waals surface area contributed by atoms with Gasteiger partial charge in [0.2, 0.25) is 11.8 Å². The van der Waals surface area contributed by atoms with Crippen molar-refractivity contribution in [3.05, 3.63) is 0 Å². The van der Waals surface area contributed by atoms with Crippen LogP contribution in [0.4, 0.5) is 0 Å². The Hall–Kier alpha value is -1.43. The average Bonchev–Trinajstić information content (AvgIpc) is 2.61. The number of nitrogens with one attached hydrogen (secondary N) is 1. The van der Waals surface area contributed by atoms with Crippen LogP contribution in [-0.4, -0.2) is 45.9 Å². The molecule has 112 valence electrons. The van der Waals surface area contributed by atoms with Gasteiger partial charge in [-0.2, -0.15) is 0 Å². The lowest BCUT2D eigenvalue weighted by molar-refractivity contribution is -0.142. The monoisotopic (exact) mass is 282 g/mol. The van der Waals surface area contributed by atoms with E-state index >= 15 is 0 Å². The van der Waals surface area contributed by atoms with Gasteiger partial charge in [-0.05, 0) is 19.8 Å². The minimum Gasteiger partial charge on any atom is -0.480 e. The van der Waals surface area contributed by atoms with Gasteiger partial charge in [0, 0.05) is 6.04 Å². The number of rotatable bonds is 4. The summed E-state index contributed by atoms with van der Waals surface area (Å²) in [5.74, 6) is -1.44. The molecule has 6 nitrogen and oxygen atoms in total. The van der Waals surface area contributed by atoms with Crippen LogP contribution in [0, 0.1) is 0 Å². The molecule has 0 radical (unpaired) electrons. The Morgan fingerprint density at radius 2 is 1.85 bits per heavy atom. The molecule has 1 aliphatic carbocycles. The van der Waals surface area contributed by atoms with E-state index in [0.717, 1.165) is 38.5 Å². The predicted molar refractivity (Wildman–Crippen MR) is 72.0 cm³/mol. The number of likely N-dealkylation sites (tertiary alicyclic amines) is 1. The zero-order chi connectivity index (χ0) is 14.7. The fourth-order valence-corrected chi connectivity index (χ4v) is 3.05. The fraction of sp³-hybridized carbons (Fsp3) is 0.786. The SMILES string of the molecule is CC(NC1CC(=O)N(C2CCCCCC2)C1=O)C(=O)O. The lowest BCUT2D eigenvalue weighted by atomic mass is 10.1. The van der Waals surface area contributed by atoms with E-state index in [1.807, 2.05) is 0 Å². The van der Waals surface area contributed by atoms with Crippen LogP contribution < -0.4 is 5.32 Å². The zero-order valence-electron chi connectivity index (χ0n) is 11.8. The van der Waals surface area contributed by atoms with Crippen molar-refractivity contribution in [1.82, 2.24) is 10.2 Å². The second-order valence-corrected chi connectivity index (χ2v) is 5.73. The van der Waals surface area contributed by atoms with Crippen LogP contribution in [0.1, 0.15) is 51.9 Å². The molecule has 1 heterocycles. The van der Waals surface area contributed by atoms with Gasteiger partial charge < -0.3 is 5.11 Å². The molecule has 2 amide bonds. The van der Waals surface area contributed by atoms with Gasteiger partial charge in [-0.15, -0.1) is 0 Å². The molecule has 1 aliphatic heterocycles. The van der Waals surface area contributed by atoms with Gasteiger partial charge >= 0.3 is 5.97 Å². The molecule has 2 unspecified atom stereocenters. The lowest BCUT2D eigenvalue weighted by Crippen LogP contribution is -2.47. The Kier molecular flexibility index (Phi) is 4.75. The summed E-state index contributed by atoms with van der Waals surface area (Å²) in [4.78, 5) is 36.6. The number of carbonyl (C=O) groups is 3. The molecule has 2 fully saturated rings. The van der Waals surface area contributed by atoms with Crippen molar-refractivity contribution in [2.75, 3.05) is 0 Å². The molecule has 1 saturated heterocycles. The minimum absolute atomic E-state index is 0.00411. The molecule has 0 spiro atoms. The molecule has 2 atom stereocenters. The van der Waals surface area contributed by atoms with E-state index < -0.39 is 18.1 Å². The number of imide groups is 1. The molecular formula is C14H22N2O4. The second kappa shape index (κ2) is 6.35. The summed E-state index contributed by atoms with van der Waals surface area (Å²) in [6, 6.07) is -1.51. The maximum absolute atomic E-state index is 12.3. The van der Waals surface area contributed by atoms with E-state index in [1.54, 1.807) is 0 Å². The largest absolute Gasteiger partial charge is 0.480 e. The smallest absolute Gasteiger partial charge is 0.320 e. The number of aliphatic carboxylic acids is 1. The Morgan fingerprint density at radius 1 is 1.25 bits per heavy atom. The Balaban J connectivity index is 2.02. The third-order valence-electron chi connectivity index (χ3n) is 4.19. The van der Waals surface area contributed by atoms with E-state index in [-0.39, 0.29) is 24.3 Å². The number of hydrogen-bond donors (Lipinski definition) is 2. The highest BCUT2D eigenvalue weighted by Crippen LogP contribution is 2.26. The molecule has 0 aromatic rings. The maximum Gasteiger partial charge on any atom is 0.320 e. The zero-order valence-corrected chi connectivity index (χ0v) is 11.8. The van der Waals surface area contributed by atoms with Crippen molar-refractivity contribution in [3.8, 4) is 0 Å². The summed E-state index contributed by atoms with van der Waals surface area (Å²) in [6.45, 7) is 1.48. The van der Waals surface area contributed by atoms with Crippen molar-refractivity contribution < 1.29 is 19.5 Å². The van der Waals surface area contributed by atoms with Crippen molar-refractivity contribution in [3.63, 3.8) is 0 Å². The molecule has 1 saturated carbocycles. The standard InChI is InChI=1S/C14H22N2O4/c1-9(14(19)20)15-11-8-12(17)16(13(11)18)10-6-4-2-3-5-7-10/h9-11,15H,2-8H2,1H3,(H,19,20). The van der Waals surface area contributed by atoms with Crippen molar-refractivity contribution in [2.45, 2.75) is 70.0 Å². The van der Waals surface area contributed by atoms with Crippen molar-refractivity contribution >= 4 is 17.8 Å². The molecule has 0 aromatic carbocycles. The molecule has 20 heavy (non-hydrogen) atoms. The molecule has 6 heteroatoms. The Bertz CT molecular complexity index is 402. The molecule has 2 rings (SSSR count). The minimum atomic E-state index is -1.02. The van der Waals surface area contributed by atoms with Crippen LogP contribution in [0.2, 0.25) is 0 Å². The summed E-state index contributed by atoms with van der Waals surface area (Å²) in [5.41, 5.74) is 0. The van der Waals surface area contributed by atoms with Gasteiger partial charge in [-0.1, -0.05) is 25.7 Å². The highest BCUT2D eigenvalue weighted by molar-refractivity contribution is 6.06. The van der Waals surface area contributed by atoms with E-state index in [0.29, 0.717) is 0 Å². The fourth-order valence-electron chi connectivity index (χ4n) is 3.05. The van der Waals surface area contributed by atoms with E-state index in [9.17, 15) is 14.4 Å². The first-order valence-corrected chi connectivity index (χ1v) is 7.35. The van der Waals surface area contributed by atoms with Crippen LogP contribution in [0.25, 0.3) is 0 Å². The Morgan fingerprint density at radius 3 is 2.40 bits per heavy atom. The molecule has 2 aliphatic rings. The topological polar surface area (TPSA) is 86.7 Å². The van der Waals surface area contributed by atoms with E-state index in [4.69, 9.17) is 5.11 Å². The van der Waals surface area contributed by atoms with Gasteiger partial charge in [0.15, 0.2) is 0 Å². The summed E-state index contributed by atoms with van der Waals surface area (Å²) in [7, 11) is 0. The maximum atomic E-state index is 12.3. The summed E-state index contributed by atoms with van der Waals surface area (Å²) < 4.78 is 0. The number of carboxylic acid groups (broad SMARTS) is 1. The van der Waals surface area contributed by atoms with Crippen molar-refractivity contribution in [1.29, 1.82) is 0 Å². The molecular weight excluding hydrogens is 260 g/mol. The summed E-state index contributed by atoms with van der Waals surface area (Å²) in [6.07, 6.45) is 6.23. The summed E-state index contributed by atoms with van der Waals surface area (Å²) >= 11 is 0. The molecule has 2 N–H and O–H groups in total. The van der Waals surface area contributed by atoms with Gasteiger partial charge in [0.1, 0.15) is 6.04 Å². The van der Waals surface area contributed by atoms with Crippen molar-refractivity contribution in [2.24, 2.45) is 0 Å². The third kappa shape index (κ3) is 3.17. The van der Waals surface area contributed by atoms with Crippen LogP contribution >= 0.6 is 0 Å². The quantitative estimate of drug-likeness (QED) is 0.591. The van der Waals surface area contributed by atoms with Crippen LogP contribution in [-0.2, 0) is 14.4 Å². The number of carboxylic acids is 1. The number of hydrogen-bond acceptors (Lipinski definition) is 4. The van der Waals surface area contributed by atoms with Crippen LogP contribution in [0.5, 0.6) is 0 Å². The summed E-state index contributed by atoms with van der Waals surface area (Å²) in [5, 5.41) is 11.6. The first-order valence-electron chi connectivity index (χ1n) is 7.35. The molecule has 0 aromatic heterocycles. The normalized spacial score (nSPS) is 26.6. The van der Waals surface area contributed by atoms with Gasteiger partial charge in [0.25, 0.3) is 0 Å². The average molecular weight is 282 g/mol. The van der Waals surface area contributed by atoms with Gasteiger partial charge in [-0.25, -0.2) is 0 Å². The first-order chi connectivity index (χ1) is 9.50. The predicted octanol–water partition coefficient (Wildman–Crippen LogP) is 0.899. The lowest BCUT2D eigenvalue weighted by Gasteiger charge is -2.25. The Labute approximate surface area is 118 Å². The van der Waals surface area contributed by atoms with Gasteiger partial charge in [-0.3, -0.25) is 24.6 Å². The van der Waals surface area contributed by atoms with E-state index in [2.05, 4.69) is 5.32 Å². The second-order valence-electron chi connectivity index (χ2n) is 5.73. The highest BCUT2D eigenvalue weighted by atomic mass is 16.4. The molecule has 0 bridgehead atoms. The number of amides is 2. The van der Waals surface area contributed by atoms with Gasteiger partial charge in [0.05, 0.1) is 12.5 Å². The first kappa shape index (κ1) is 15.0. The van der Waals surface area contributed by atoms with Crippen LogP contribution in [0.3, 0.4) is 0 Å². The van der Waals surface area contributed by atoms with E-state index in [1.165, 1.54) is 11.8 Å². The van der Waals surface area contributed by atoms with Crippen LogP contribution in [0.15, 0.2) is 0 Å². The number of nitrogens with zero attached hydrogens (tertiary/aromatic N) is 1. The third-order valence-corrected chi connectivity index (χ3v) is 4.19.